The molecule has 0 saturated heterocycles. The lowest BCUT2D eigenvalue weighted by molar-refractivity contribution is -0.143. The zero-order valence-corrected chi connectivity index (χ0v) is 14.5. The standard InChI is InChI=1S/C19H23NO4/c1-19(2,3)24-18(22)20-16(17(21)23-4)12-13-9-10-14-7-5-6-8-15(14)11-13/h5-11,16H,12H2,1-4H3,(H,20,22). The number of fused-ring (bicyclic) bond motifs is 1. The third-order valence-corrected chi connectivity index (χ3v) is 3.43. The fraction of sp³-hybridized carbons (Fsp3) is 0.368. The summed E-state index contributed by atoms with van der Waals surface area (Å²) in [6, 6.07) is 13.1. The first-order valence-electron chi connectivity index (χ1n) is 7.83. The minimum absolute atomic E-state index is 0.330. The number of carbonyl (C=O) groups is 2. The second kappa shape index (κ2) is 7.34. The van der Waals surface area contributed by atoms with E-state index in [1.165, 1.54) is 7.11 Å². The van der Waals surface area contributed by atoms with Gasteiger partial charge >= 0.3 is 12.1 Å². The summed E-state index contributed by atoms with van der Waals surface area (Å²) in [6.45, 7) is 5.30. The highest BCUT2D eigenvalue weighted by atomic mass is 16.6. The van der Waals surface area contributed by atoms with E-state index in [1.54, 1.807) is 20.8 Å². The summed E-state index contributed by atoms with van der Waals surface area (Å²) in [4.78, 5) is 23.9. The van der Waals surface area contributed by atoms with Gasteiger partial charge in [0.15, 0.2) is 0 Å². The van der Waals surface area contributed by atoms with Crippen LogP contribution in [0.25, 0.3) is 10.8 Å². The normalized spacial score (nSPS) is 12.5. The van der Waals surface area contributed by atoms with E-state index < -0.39 is 23.7 Å². The SMILES string of the molecule is COC(=O)C(Cc1ccc2ccccc2c1)NC(=O)OC(C)(C)C. The zero-order valence-electron chi connectivity index (χ0n) is 14.5. The monoisotopic (exact) mass is 329 g/mol. The van der Waals surface area contributed by atoms with Gasteiger partial charge in [-0.15, -0.1) is 0 Å². The van der Waals surface area contributed by atoms with E-state index in [1.807, 2.05) is 42.5 Å². The number of esters is 1. The predicted molar refractivity (Wildman–Crippen MR) is 92.8 cm³/mol. The lowest BCUT2D eigenvalue weighted by atomic mass is 10.0. The number of carbonyl (C=O) groups excluding carboxylic acids is 2. The molecular formula is C19H23NO4. The van der Waals surface area contributed by atoms with Crippen molar-refractivity contribution in [1.82, 2.24) is 5.32 Å². The summed E-state index contributed by atoms with van der Waals surface area (Å²) >= 11 is 0. The number of benzene rings is 2. The molecule has 0 heterocycles. The summed E-state index contributed by atoms with van der Waals surface area (Å²) in [6.07, 6.45) is -0.310. The van der Waals surface area contributed by atoms with Crippen LogP contribution in [0.2, 0.25) is 0 Å². The highest BCUT2D eigenvalue weighted by Crippen LogP contribution is 2.17. The largest absolute Gasteiger partial charge is 0.467 e. The Bertz CT molecular complexity index is 733. The quantitative estimate of drug-likeness (QED) is 0.873. The third kappa shape index (κ3) is 4.98. The van der Waals surface area contributed by atoms with Crippen molar-refractivity contribution in [2.75, 3.05) is 7.11 Å². The van der Waals surface area contributed by atoms with Gasteiger partial charge in [0.2, 0.25) is 0 Å². The molecule has 0 spiro atoms. The number of hydrogen-bond acceptors (Lipinski definition) is 4. The Labute approximate surface area is 141 Å². The molecule has 1 unspecified atom stereocenters. The molecule has 5 heteroatoms. The first-order valence-corrected chi connectivity index (χ1v) is 7.83. The summed E-state index contributed by atoms with van der Waals surface area (Å²) in [5, 5.41) is 4.79. The molecule has 2 aromatic carbocycles. The van der Waals surface area contributed by atoms with Crippen LogP contribution in [0, 0.1) is 0 Å². The Kier molecular flexibility index (Phi) is 5.44. The van der Waals surface area contributed by atoms with E-state index in [2.05, 4.69) is 5.32 Å². The van der Waals surface area contributed by atoms with Gasteiger partial charge in [-0.2, -0.15) is 0 Å². The minimum Gasteiger partial charge on any atom is -0.467 e. The van der Waals surface area contributed by atoms with Gasteiger partial charge in [-0.1, -0.05) is 42.5 Å². The number of hydrogen-bond donors (Lipinski definition) is 1. The highest BCUT2D eigenvalue weighted by molar-refractivity contribution is 5.84. The molecule has 0 aromatic heterocycles. The van der Waals surface area contributed by atoms with E-state index in [-0.39, 0.29) is 0 Å². The second-order valence-electron chi connectivity index (χ2n) is 6.61. The maximum atomic E-state index is 12.0. The van der Waals surface area contributed by atoms with Gasteiger partial charge in [0, 0.05) is 6.42 Å². The van der Waals surface area contributed by atoms with Gasteiger partial charge in [-0.3, -0.25) is 0 Å². The number of amides is 1. The van der Waals surface area contributed by atoms with Gasteiger partial charge < -0.3 is 14.8 Å². The fourth-order valence-corrected chi connectivity index (χ4v) is 2.39. The molecular weight excluding hydrogens is 306 g/mol. The van der Waals surface area contributed by atoms with Crippen LogP contribution in [0.15, 0.2) is 42.5 Å². The van der Waals surface area contributed by atoms with Gasteiger partial charge in [0.1, 0.15) is 11.6 Å². The van der Waals surface area contributed by atoms with Crippen LogP contribution in [-0.2, 0) is 20.7 Å². The summed E-state index contributed by atoms with van der Waals surface area (Å²) < 4.78 is 10.0. The van der Waals surface area contributed by atoms with E-state index in [4.69, 9.17) is 9.47 Å². The van der Waals surface area contributed by atoms with Gasteiger partial charge in [0.05, 0.1) is 7.11 Å². The van der Waals surface area contributed by atoms with Crippen molar-refractivity contribution in [1.29, 1.82) is 0 Å². The van der Waals surface area contributed by atoms with Crippen LogP contribution in [0.4, 0.5) is 4.79 Å². The first-order chi connectivity index (χ1) is 11.3. The summed E-state index contributed by atoms with van der Waals surface area (Å²) in [5.74, 6) is -0.506. The summed E-state index contributed by atoms with van der Waals surface area (Å²) in [7, 11) is 1.30. The molecule has 0 aliphatic rings. The molecule has 0 saturated carbocycles. The van der Waals surface area contributed by atoms with Crippen molar-refractivity contribution in [2.45, 2.75) is 38.8 Å². The lowest BCUT2D eigenvalue weighted by Gasteiger charge is -2.22. The molecule has 0 aliphatic heterocycles. The first kappa shape index (κ1) is 17.8. The van der Waals surface area contributed by atoms with Crippen LogP contribution in [0.1, 0.15) is 26.3 Å². The Balaban J connectivity index is 2.15. The average molecular weight is 329 g/mol. The predicted octanol–water partition coefficient (Wildman–Crippen LogP) is 3.45. The number of alkyl carbamates (subject to hydrolysis) is 1. The molecule has 2 rings (SSSR count). The Morgan fingerprint density at radius 1 is 1.08 bits per heavy atom. The Morgan fingerprint density at radius 3 is 2.38 bits per heavy atom. The highest BCUT2D eigenvalue weighted by Gasteiger charge is 2.25. The molecule has 2 aromatic rings. The smallest absolute Gasteiger partial charge is 0.408 e. The Hall–Kier alpha value is -2.56. The number of rotatable bonds is 4. The molecule has 1 amide bonds. The molecule has 1 atom stereocenters. The average Bonchev–Trinajstić information content (AvgIpc) is 2.51. The van der Waals surface area contributed by atoms with Gasteiger partial charge in [-0.05, 0) is 37.1 Å². The van der Waals surface area contributed by atoms with E-state index in [0.29, 0.717) is 6.42 Å². The maximum Gasteiger partial charge on any atom is 0.408 e. The fourth-order valence-electron chi connectivity index (χ4n) is 2.39. The minimum atomic E-state index is -0.800. The molecule has 1 N–H and O–H groups in total. The van der Waals surface area contributed by atoms with E-state index >= 15 is 0 Å². The van der Waals surface area contributed by atoms with Crippen molar-refractivity contribution >= 4 is 22.8 Å². The molecule has 24 heavy (non-hydrogen) atoms. The van der Waals surface area contributed by atoms with Crippen molar-refractivity contribution < 1.29 is 19.1 Å². The van der Waals surface area contributed by atoms with Crippen LogP contribution >= 0.6 is 0 Å². The third-order valence-electron chi connectivity index (χ3n) is 3.43. The number of methoxy groups -OCH3 is 1. The second-order valence-corrected chi connectivity index (χ2v) is 6.61. The maximum absolute atomic E-state index is 12.0. The van der Waals surface area contributed by atoms with Crippen LogP contribution < -0.4 is 5.32 Å². The van der Waals surface area contributed by atoms with Crippen molar-refractivity contribution in [3.63, 3.8) is 0 Å². The Morgan fingerprint density at radius 2 is 1.75 bits per heavy atom. The molecule has 0 fully saturated rings. The number of ether oxygens (including phenoxy) is 2. The van der Waals surface area contributed by atoms with Crippen LogP contribution in [0.5, 0.6) is 0 Å². The molecule has 128 valence electrons. The molecule has 0 aliphatic carbocycles. The zero-order chi connectivity index (χ0) is 17.7. The number of nitrogens with one attached hydrogen (secondary N) is 1. The topological polar surface area (TPSA) is 64.6 Å². The van der Waals surface area contributed by atoms with Crippen LogP contribution in [-0.4, -0.2) is 30.8 Å². The van der Waals surface area contributed by atoms with Gasteiger partial charge in [0.25, 0.3) is 0 Å². The summed E-state index contributed by atoms with van der Waals surface area (Å²) in [5.41, 5.74) is 0.299. The van der Waals surface area contributed by atoms with Crippen molar-refractivity contribution in [2.24, 2.45) is 0 Å². The van der Waals surface area contributed by atoms with E-state index in [0.717, 1.165) is 16.3 Å². The van der Waals surface area contributed by atoms with Crippen molar-refractivity contribution in [3.05, 3.63) is 48.0 Å². The van der Waals surface area contributed by atoms with Gasteiger partial charge in [-0.25, -0.2) is 9.59 Å². The van der Waals surface area contributed by atoms with Crippen LogP contribution in [0.3, 0.4) is 0 Å². The van der Waals surface area contributed by atoms with Crippen molar-refractivity contribution in [3.8, 4) is 0 Å². The van der Waals surface area contributed by atoms with E-state index in [9.17, 15) is 9.59 Å². The molecule has 0 radical (unpaired) electrons. The lowest BCUT2D eigenvalue weighted by Crippen LogP contribution is -2.45. The molecule has 0 bridgehead atoms. The molecule has 5 nitrogen and oxygen atoms in total.